The van der Waals surface area contributed by atoms with E-state index in [1.807, 2.05) is 52.7 Å². The lowest BCUT2D eigenvalue weighted by Crippen LogP contribution is -2.29. The van der Waals surface area contributed by atoms with E-state index in [1.54, 1.807) is 10.9 Å². The molecule has 0 aliphatic heterocycles. The molecule has 3 heterocycles. The lowest BCUT2D eigenvalue weighted by atomic mass is 10.1. The van der Waals surface area contributed by atoms with Crippen molar-refractivity contribution in [3.05, 3.63) is 55.0 Å². The highest BCUT2D eigenvalue weighted by molar-refractivity contribution is 6.02. The molecule has 36 heavy (non-hydrogen) atoms. The van der Waals surface area contributed by atoms with Crippen molar-refractivity contribution >= 4 is 40.0 Å². The van der Waals surface area contributed by atoms with Gasteiger partial charge in [0.1, 0.15) is 5.65 Å². The largest absolute Gasteiger partial charge is 0.372 e. The van der Waals surface area contributed by atoms with Crippen molar-refractivity contribution in [2.24, 2.45) is 7.05 Å². The summed E-state index contributed by atoms with van der Waals surface area (Å²) in [6.07, 6.45) is 7.62. The molecular formula is C26H33N9O. The number of amides is 1. The Morgan fingerprint density at radius 2 is 2.00 bits per heavy atom. The van der Waals surface area contributed by atoms with E-state index < -0.39 is 0 Å². The molecule has 1 aromatic carbocycles. The quantitative estimate of drug-likeness (QED) is 0.292. The van der Waals surface area contributed by atoms with Crippen LogP contribution in [0.1, 0.15) is 12.5 Å². The van der Waals surface area contributed by atoms with Crippen molar-refractivity contribution in [1.29, 1.82) is 0 Å². The molecule has 188 valence electrons. The highest BCUT2D eigenvalue weighted by Crippen LogP contribution is 2.34. The van der Waals surface area contributed by atoms with Crippen molar-refractivity contribution in [2.45, 2.75) is 13.3 Å². The smallest absolute Gasteiger partial charge is 0.247 e. The Morgan fingerprint density at radius 1 is 1.19 bits per heavy atom. The van der Waals surface area contributed by atoms with Crippen LogP contribution in [0, 0.1) is 0 Å². The molecule has 4 rings (SSSR count). The van der Waals surface area contributed by atoms with Crippen molar-refractivity contribution in [3.8, 4) is 11.3 Å². The van der Waals surface area contributed by atoms with Crippen molar-refractivity contribution < 1.29 is 4.79 Å². The molecule has 10 heteroatoms. The van der Waals surface area contributed by atoms with Crippen molar-refractivity contribution in [2.75, 3.05) is 49.8 Å². The van der Waals surface area contributed by atoms with Gasteiger partial charge >= 0.3 is 0 Å². The minimum atomic E-state index is -0.268. The molecule has 0 unspecified atom stereocenters. The first-order chi connectivity index (χ1) is 17.3. The molecule has 1 amide bonds. The lowest BCUT2D eigenvalue weighted by Gasteiger charge is -2.26. The fourth-order valence-electron chi connectivity index (χ4n) is 3.99. The second-order valence-electron chi connectivity index (χ2n) is 8.96. The van der Waals surface area contributed by atoms with Gasteiger partial charge in [-0.05, 0) is 50.4 Å². The number of rotatable bonds is 10. The van der Waals surface area contributed by atoms with Gasteiger partial charge in [0, 0.05) is 56.2 Å². The molecule has 0 atom stereocenters. The monoisotopic (exact) mass is 487 g/mol. The number of hydrogen-bond donors (Lipinski definition) is 3. The molecule has 0 radical (unpaired) electrons. The van der Waals surface area contributed by atoms with E-state index in [4.69, 9.17) is 4.98 Å². The molecule has 3 N–H and O–H groups in total. The molecule has 0 aliphatic carbocycles. The van der Waals surface area contributed by atoms with E-state index in [2.05, 4.69) is 55.1 Å². The number of benzene rings is 1. The number of anilines is 4. The Labute approximate surface area is 211 Å². The minimum absolute atomic E-state index is 0.268. The maximum absolute atomic E-state index is 12.3. The summed E-state index contributed by atoms with van der Waals surface area (Å²) in [7, 11) is 7.98. The zero-order valence-corrected chi connectivity index (χ0v) is 21.5. The number of hydrogen-bond acceptors (Lipinski definition) is 7. The van der Waals surface area contributed by atoms with Crippen LogP contribution in [0.4, 0.5) is 23.0 Å². The summed E-state index contributed by atoms with van der Waals surface area (Å²) in [5, 5.41) is 11.6. The van der Waals surface area contributed by atoms with Gasteiger partial charge in [-0.15, -0.1) is 0 Å². The topological polar surface area (TPSA) is 107 Å². The molecule has 0 saturated heterocycles. The van der Waals surface area contributed by atoms with Gasteiger partial charge in [0.25, 0.3) is 0 Å². The van der Waals surface area contributed by atoms with Crippen molar-refractivity contribution in [1.82, 2.24) is 29.6 Å². The van der Waals surface area contributed by atoms with Crippen LogP contribution < -0.4 is 15.5 Å². The molecule has 3 aromatic heterocycles. The lowest BCUT2D eigenvalue weighted by molar-refractivity contribution is -0.111. The van der Waals surface area contributed by atoms with Gasteiger partial charge in [-0.2, -0.15) is 10.1 Å². The Balaban J connectivity index is 1.76. The summed E-state index contributed by atoms with van der Waals surface area (Å²) in [6.45, 7) is 7.39. The van der Waals surface area contributed by atoms with Crippen molar-refractivity contribution in [3.63, 3.8) is 0 Å². The molecule has 4 aromatic rings. The van der Waals surface area contributed by atoms with Crippen LogP contribution in [0.2, 0.25) is 0 Å². The average Bonchev–Trinajstić information content (AvgIpc) is 3.51. The zero-order chi connectivity index (χ0) is 25.8. The van der Waals surface area contributed by atoms with E-state index in [-0.39, 0.29) is 5.91 Å². The number of carbonyl (C=O) groups is 1. The highest BCUT2D eigenvalue weighted by atomic mass is 16.1. The third kappa shape index (κ3) is 5.38. The summed E-state index contributed by atoms with van der Waals surface area (Å²) in [5.74, 6) is 0.184. The Hall–Kier alpha value is -4.18. The third-order valence-corrected chi connectivity index (χ3v) is 5.98. The molecule has 0 bridgehead atoms. The van der Waals surface area contributed by atoms with Gasteiger partial charge in [-0.25, -0.2) is 4.98 Å². The fourth-order valence-corrected chi connectivity index (χ4v) is 3.99. The molecule has 10 nitrogen and oxygen atoms in total. The van der Waals surface area contributed by atoms with Gasteiger partial charge in [-0.1, -0.05) is 13.5 Å². The van der Waals surface area contributed by atoms with Crippen LogP contribution in [0.5, 0.6) is 0 Å². The molecule has 0 aliphatic rings. The first kappa shape index (κ1) is 24.9. The number of aromatic nitrogens is 5. The molecule has 0 saturated carbocycles. The average molecular weight is 488 g/mol. The van der Waals surface area contributed by atoms with E-state index in [9.17, 15) is 4.79 Å². The van der Waals surface area contributed by atoms with E-state index in [1.165, 1.54) is 6.08 Å². The third-order valence-electron chi connectivity index (χ3n) is 5.98. The zero-order valence-electron chi connectivity index (χ0n) is 21.5. The Kier molecular flexibility index (Phi) is 7.35. The van der Waals surface area contributed by atoms with Crippen LogP contribution in [-0.4, -0.2) is 69.8 Å². The van der Waals surface area contributed by atoms with Crippen LogP contribution >= 0.6 is 0 Å². The Morgan fingerprint density at radius 3 is 2.67 bits per heavy atom. The van der Waals surface area contributed by atoms with E-state index in [0.717, 1.165) is 58.7 Å². The maximum Gasteiger partial charge on any atom is 0.247 e. The first-order valence-electron chi connectivity index (χ1n) is 11.9. The Bertz CT molecular complexity index is 1390. The van der Waals surface area contributed by atoms with E-state index in [0.29, 0.717) is 11.6 Å². The summed E-state index contributed by atoms with van der Waals surface area (Å²) in [6, 6.07) is 6.00. The number of fused-ring (bicyclic) bond motifs is 1. The summed E-state index contributed by atoms with van der Waals surface area (Å²) >= 11 is 0. The number of carbonyl (C=O) groups excluding carboxylic acids is 1. The molecular weight excluding hydrogens is 454 g/mol. The summed E-state index contributed by atoms with van der Waals surface area (Å²) in [4.78, 5) is 29.2. The van der Waals surface area contributed by atoms with E-state index >= 15 is 0 Å². The van der Waals surface area contributed by atoms with Crippen LogP contribution in [0.25, 0.3) is 22.3 Å². The summed E-state index contributed by atoms with van der Waals surface area (Å²) in [5.41, 5.74) is 5.95. The van der Waals surface area contributed by atoms with Gasteiger partial charge in [0.15, 0.2) is 0 Å². The minimum Gasteiger partial charge on any atom is -0.372 e. The van der Waals surface area contributed by atoms with Crippen LogP contribution in [-0.2, 0) is 18.3 Å². The SMILES string of the molecule is C=CC(=O)Nc1cc(Nc2nc(-c3cnn(C)c3)c3cc[nH]c3n2)c(CC)cc1N(C)CCN(C)C. The van der Waals surface area contributed by atoms with Gasteiger partial charge in [-0.3, -0.25) is 9.48 Å². The second kappa shape index (κ2) is 10.6. The predicted molar refractivity (Wildman–Crippen MR) is 146 cm³/mol. The van der Waals surface area contributed by atoms with Crippen LogP contribution in [0.3, 0.4) is 0 Å². The van der Waals surface area contributed by atoms with Gasteiger partial charge < -0.3 is 25.4 Å². The molecule has 0 spiro atoms. The number of nitrogens with zero attached hydrogens (tertiary/aromatic N) is 6. The molecule has 0 fully saturated rings. The number of aromatic amines is 1. The number of nitrogens with one attached hydrogen (secondary N) is 3. The fraction of sp³-hybridized carbons (Fsp3) is 0.308. The van der Waals surface area contributed by atoms with Gasteiger partial charge in [0.2, 0.25) is 11.9 Å². The number of aryl methyl sites for hydroxylation is 2. The first-order valence-corrected chi connectivity index (χ1v) is 11.9. The standard InChI is InChI=1S/C26H33N9O/c1-7-17-13-22(34(5)12-11-33(3)4)21(29-23(36)8-2)14-20(17)30-26-31-24(18-15-28-35(6)16-18)19-9-10-27-25(19)32-26/h8-10,13-16H,2,7,11-12H2,1,3-6H3,(H,29,36)(H2,27,30,31,32). The van der Waals surface area contributed by atoms with Crippen LogP contribution in [0.15, 0.2) is 49.4 Å². The van der Waals surface area contributed by atoms with Gasteiger partial charge in [0.05, 0.1) is 23.3 Å². The second-order valence-corrected chi connectivity index (χ2v) is 8.96. The summed E-state index contributed by atoms with van der Waals surface area (Å²) < 4.78 is 1.75. The normalized spacial score (nSPS) is 11.2. The maximum atomic E-state index is 12.3. The highest BCUT2D eigenvalue weighted by Gasteiger charge is 2.17. The number of likely N-dealkylation sites (N-methyl/N-ethyl adjacent to an activating group) is 2. The predicted octanol–water partition coefficient (Wildman–Crippen LogP) is 3.79. The number of H-pyrrole nitrogens is 1.